The Morgan fingerprint density at radius 3 is 2.81 bits per heavy atom. The van der Waals surface area contributed by atoms with Gasteiger partial charge in [-0.3, -0.25) is 15.0 Å². The maximum Gasteiger partial charge on any atom is 0.277 e. The summed E-state index contributed by atoms with van der Waals surface area (Å²) in [6, 6.07) is 6.81. The van der Waals surface area contributed by atoms with E-state index in [1.807, 2.05) is 5.38 Å². The summed E-state index contributed by atoms with van der Waals surface area (Å²) in [6.45, 7) is 3.83. The van der Waals surface area contributed by atoms with Crippen LogP contribution in [0.1, 0.15) is 16.2 Å². The number of morpholine rings is 1. The molecular formula is C21H18F2N6O2S. The molecule has 0 atom stereocenters. The van der Waals surface area contributed by atoms with Gasteiger partial charge in [0.1, 0.15) is 0 Å². The van der Waals surface area contributed by atoms with E-state index in [9.17, 15) is 13.6 Å². The molecule has 0 radical (unpaired) electrons. The number of rotatable bonds is 5. The average molecular weight is 456 g/mol. The number of carbonyl (C=O) groups excluding carboxylic acids is 1. The van der Waals surface area contributed by atoms with Gasteiger partial charge in [0.15, 0.2) is 28.1 Å². The van der Waals surface area contributed by atoms with Gasteiger partial charge in [0.25, 0.3) is 5.91 Å². The number of hydrogen-bond donors (Lipinski definition) is 1. The van der Waals surface area contributed by atoms with E-state index in [0.717, 1.165) is 30.9 Å². The van der Waals surface area contributed by atoms with Crippen molar-refractivity contribution in [2.24, 2.45) is 0 Å². The standard InChI is InChI=1S/C21H18F2N6O2S/c22-15-2-1-13(9-16(15)23)17-3-4-19-24-10-18(29(19)27-17)20(30)26-21-25-14(12-32-21)11-28-5-7-31-8-6-28/h1-4,9-10,12H,5-8,11H2,(H,25,26,30). The van der Waals surface area contributed by atoms with E-state index in [4.69, 9.17) is 4.74 Å². The fourth-order valence-electron chi connectivity index (χ4n) is 3.42. The van der Waals surface area contributed by atoms with Crippen molar-refractivity contribution in [3.05, 3.63) is 64.9 Å². The number of anilines is 1. The summed E-state index contributed by atoms with van der Waals surface area (Å²) in [4.78, 5) is 23.8. The van der Waals surface area contributed by atoms with Crippen LogP contribution in [0.4, 0.5) is 13.9 Å². The first-order valence-corrected chi connectivity index (χ1v) is 10.8. The van der Waals surface area contributed by atoms with Crippen molar-refractivity contribution in [2.45, 2.75) is 6.54 Å². The molecule has 1 amide bonds. The van der Waals surface area contributed by atoms with Gasteiger partial charge >= 0.3 is 0 Å². The van der Waals surface area contributed by atoms with Crippen LogP contribution in [0.25, 0.3) is 16.9 Å². The first-order valence-electron chi connectivity index (χ1n) is 9.93. The van der Waals surface area contributed by atoms with Gasteiger partial charge in [-0.1, -0.05) is 0 Å². The molecule has 4 heterocycles. The van der Waals surface area contributed by atoms with Crippen LogP contribution in [0, 0.1) is 11.6 Å². The molecule has 0 aliphatic carbocycles. The van der Waals surface area contributed by atoms with Crippen LogP contribution in [-0.4, -0.2) is 56.7 Å². The Bertz CT molecular complexity index is 1280. The number of aromatic nitrogens is 4. The van der Waals surface area contributed by atoms with Gasteiger partial charge in [0, 0.05) is 30.6 Å². The highest BCUT2D eigenvalue weighted by molar-refractivity contribution is 7.13. The Labute approximate surface area is 185 Å². The lowest BCUT2D eigenvalue weighted by Crippen LogP contribution is -2.35. The van der Waals surface area contributed by atoms with E-state index >= 15 is 0 Å². The minimum absolute atomic E-state index is 0.203. The Morgan fingerprint density at radius 2 is 2.00 bits per heavy atom. The summed E-state index contributed by atoms with van der Waals surface area (Å²) in [5.41, 5.74) is 2.30. The number of ether oxygens (including phenoxy) is 1. The number of benzene rings is 1. The molecule has 5 rings (SSSR count). The molecule has 0 unspecified atom stereocenters. The zero-order valence-electron chi connectivity index (χ0n) is 16.8. The van der Waals surface area contributed by atoms with E-state index < -0.39 is 17.5 Å². The summed E-state index contributed by atoms with van der Waals surface area (Å²) in [5.74, 6) is -2.32. The second kappa shape index (κ2) is 8.69. The molecule has 1 saturated heterocycles. The molecule has 0 spiro atoms. The number of hydrogen-bond acceptors (Lipinski definition) is 7. The van der Waals surface area contributed by atoms with Gasteiger partial charge in [-0.2, -0.15) is 5.10 Å². The summed E-state index contributed by atoms with van der Waals surface area (Å²) in [7, 11) is 0. The maximum absolute atomic E-state index is 13.6. The molecule has 1 N–H and O–H groups in total. The molecule has 1 aromatic carbocycles. The van der Waals surface area contributed by atoms with Crippen LogP contribution >= 0.6 is 11.3 Å². The van der Waals surface area contributed by atoms with Gasteiger partial charge in [-0.15, -0.1) is 11.3 Å². The van der Waals surface area contributed by atoms with Crippen molar-refractivity contribution >= 4 is 28.0 Å². The molecule has 11 heteroatoms. The molecule has 0 saturated carbocycles. The van der Waals surface area contributed by atoms with E-state index in [0.29, 0.717) is 41.8 Å². The van der Waals surface area contributed by atoms with Crippen LogP contribution in [0.5, 0.6) is 0 Å². The van der Waals surface area contributed by atoms with E-state index in [1.165, 1.54) is 28.1 Å². The fourth-order valence-corrected chi connectivity index (χ4v) is 4.12. The Balaban J connectivity index is 1.35. The third-order valence-electron chi connectivity index (χ3n) is 5.07. The van der Waals surface area contributed by atoms with Crippen molar-refractivity contribution in [1.29, 1.82) is 0 Å². The molecule has 164 valence electrons. The number of fused-ring (bicyclic) bond motifs is 1. The number of nitrogens with zero attached hydrogens (tertiary/aromatic N) is 5. The number of nitrogens with one attached hydrogen (secondary N) is 1. The van der Waals surface area contributed by atoms with Crippen LogP contribution in [0.15, 0.2) is 41.9 Å². The van der Waals surface area contributed by atoms with Crippen LogP contribution in [0.3, 0.4) is 0 Å². The number of imidazole rings is 1. The normalized spacial score (nSPS) is 14.7. The predicted octanol–water partition coefficient (Wildman–Crippen LogP) is 3.22. The third kappa shape index (κ3) is 4.22. The molecule has 32 heavy (non-hydrogen) atoms. The fraction of sp³-hybridized carbons (Fsp3) is 0.238. The Hall–Kier alpha value is -3.28. The quantitative estimate of drug-likeness (QED) is 0.497. The lowest BCUT2D eigenvalue weighted by Gasteiger charge is -2.25. The van der Waals surface area contributed by atoms with Crippen LogP contribution in [-0.2, 0) is 11.3 Å². The van der Waals surface area contributed by atoms with Gasteiger partial charge in [0.2, 0.25) is 0 Å². The number of halogens is 2. The first kappa shape index (κ1) is 20.6. The topological polar surface area (TPSA) is 84.7 Å². The first-order chi connectivity index (χ1) is 15.6. The van der Waals surface area contributed by atoms with Gasteiger partial charge in [-0.25, -0.2) is 23.3 Å². The summed E-state index contributed by atoms with van der Waals surface area (Å²) in [6.07, 6.45) is 1.41. The van der Waals surface area contributed by atoms with Crippen molar-refractivity contribution in [1.82, 2.24) is 24.5 Å². The molecule has 1 aliphatic heterocycles. The summed E-state index contributed by atoms with van der Waals surface area (Å²) in [5, 5.41) is 9.57. The van der Waals surface area contributed by atoms with Gasteiger partial charge < -0.3 is 4.74 Å². The lowest BCUT2D eigenvalue weighted by atomic mass is 10.1. The molecular weight excluding hydrogens is 438 g/mol. The molecule has 0 bridgehead atoms. The summed E-state index contributed by atoms with van der Waals surface area (Å²) >= 11 is 1.34. The van der Waals surface area contributed by atoms with E-state index in [1.54, 1.807) is 12.1 Å². The third-order valence-corrected chi connectivity index (χ3v) is 5.88. The molecule has 4 aromatic rings. The van der Waals surface area contributed by atoms with Gasteiger partial charge in [-0.05, 0) is 30.3 Å². The van der Waals surface area contributed by atoms with Crippen molar-refractivity contribution in [3.63, 3.8) is 0 Å². The summed E-state index contributed by atoms with van der Waals surface area (Å²) < 4.78 is 33.6. The zero-order valence-corrected chi connectivity index (χ0v) is 17.6. The average Bonchev–Trinajstić information content (AvgIpc) is 3.42. The largest absolute Gasteiger partial charge is 0.379 e. The lowest BCUT2D eigenvalue weighted by molar-refractivity contribution is 0.0337. The second-order valence-corrected chi connectivity index (χ2v) is 8.11. The van der Waals surface area contributed by atoms with Crippen molar-refractivity contribution in [2.75, 3.05) is 31.6 Å². The zero-order chi connectivity index (χ0) is 22.1. The molecule has 1 fully saturated rings. The maximum atomic E-state index is 13.6. The predicted molar refractivity (Wildman–Crippen MR) is 115 cm³/mol. The Morgan fingerprint density at radius 1 is 1.16 bits per heavy atom. The highest BCUT2D eigenvalue weighted by atomic mass is 32.1. The molecule has 3 aromatic heterocycles. The van der Waals surface area contributed by atoms with Crippen LogP contribution < -0.4 is 5.32 Å². The smallest absolute Gasteiger partial charge is 0.277 e. The van der Waals surface area contributed by atoms with E-state index in [2.05, 4.69) is 25.3 Å². The number of carbonyl (C=O) groups is 1. The minimum atomic E-state index is -0.968. The van der Waals surface area contributed by atoms with Crippen molar-refractivity contribution in [3.8, 4) is 11.3 Å². The number of thiazole rings is 1. The molecule has 8 nitrogen and oxygen atoms in total. The highest BCUT2D eigenvalue weighted by Gasteiger charge is 2.17. The number of amides is 1. The van der Waals surface area contributed by atoms with Crippen molar-refractivity contribution < 1.29 is 18.3 Å². The minimum Gasteiger partial charge on any atom is -0.379 e. The highest BCUT2D eigenvalue weighted by Crippen LogP contribution is 2.22. The van der Waals surface area contributed by atoms with Gasteiger partial charge in [0.05, 0.1) is 30.8 Å². The monoisotopic (exact) mass is 456 g/mol. The van der Waals surface area contributed by atoms with Crippen LogP contribution in [0.2, 0.25) is 0 Å². The van der Waals surface area contributed by atoms with E-state index in [-0.39, 0.29) is 5.69 Å². The SMILES string of the molecule is O=C(Nc1nc(CN2CCOCC2)cs1)c1cnc2ccc(-c3ccc(F)c(F)c3)nn12. The second-order valence-electron chi connectivity index (χ2n) is 7.25. The Kier molecular flexibility index (Phi) is 5.60. The molecule has 1 aliphatic rings.